The summed E-state index contributed by atoms with van der Waals surface area (Å²) in [6.07, 6.45) is 2.91. The smallest absolute Gasteiger partial charge is 0.165 e. The summed E-state index contributed by atoms with van der Waals surface area (Å²) in [4.78, 5) is 18.7. The number of fused-ring (bicyclic) bond motifs is 2. The van der Waals surface area contributed by atoms with Crippen molar-refractivity contribution in [2.75, 3.05) is 12.4 Å². The van der Waals surface area contributed by atoms with Gasteiger partial charge in [-0.15, -0.1) is 0 Å². The molecular weight excluding hydrogens is 332 g/mol. The quantitative estimate of drug-likeness (QED) is 0.744. The van der Waals surface area contributed by atoms with Crippen molar-refractivity contribution in [1.82, 2.24) is 19.5 Å². The highest BCUT2D eigenvalue weighted by atomic mass is 16.7. The molecule has 3 aromatic rings. The zero-order chi connectivity index (χ0) is 17.7. The van der Waals surface area contributed by atoms with E-state index >= 15 is 0 Å². The second kappa shape index (κ2) is 5.77. The molecule has 5 rings (SSSR count). The normalized spacial score (nSPS) is 27.2. The number of imidazole rings is 1. The number of aromatic nitrogens is 4. The first-order valence-corrected chi connectivity index (χ1v) is 8.60. The first-order chi connectivity index (χ1) is 12.8. The molecule has 0 unspecified atom stereocenters. The lowest BCUT2D eigenvalue weighted by Crippen LogP contribution is -2.29. The lowest BCUT2D eigenvalue weighted by atomic mass is 9.91. The maximum Gasteiger partial charge on any atom is 0.165 e. The summed E-state index contributed by atoms with van der Waals surface area (Å²) in [5.74, 6) is 0.626. The Morgan fingerprint density at radius 2 is 2.04 bits per heavy atom. The van der Waals surface area contributed by atoms with Crippen LogP contribution >= 0.6 is 0 Å². The predicted octanol–water partition coefficient (Wildman–Crippen LogP) is 1.59. The first kappa shape index (κ1) is 15.3. The summed E-state index contributed by atoms with van der Waals surface area (Å²) in [6.45, 7) is 0. The van der Waals surface area contributed by atoms with E-state index in [9.17, 15) is 5.11 Å². The van der Waals surface area contributed by atoms with Crippen molar-refractivity contribution >= 4 is 22.7 Å². The molecular formula is C18H18N6O2. The maximum atomic E-state index is 10.5. The van der Waals surface area contributed by atoms with Crippen LogP contribution < -0.4 is 5.32 Å². The van der Waals surface area contributed by atoms with Gasteiger partial charge in [0.25, 0.3) is 0 Å². The van der Waals surface area contributed by atoms with Gasteiger partial charge in [0.15, 0.2) is 17.6 Å². The van der Waals surface area contributed by atoms with Gasteiger partial charge in [-0.1, -0.05) is 35.5 Å². The van der Waals surface area contributed by atoms with Crippen molar-refractivity contribution in [1.29, 1.82) is 0 Å². The molecule has 1 fully saturated rings. The molecule has 4 atom stereocenters. The highest BCUT2D eigenvalue weighted by Gasteiger charge is 2.52. The highest BCUT2D eigenvalue weighted by Crippen LogP contribution is 2.44. The molecule has 0 saturated heterocycles. The van der Waals surface area contributed by atoms with Gasteiger partial charge >= 0.3 is 0 Å². The van der Waals surface area contributed by atoms with Gasteiger partial charge in [-0.2, -0.15) is 0 Å². The summed E-state index contributed by atoms with van der Waals surface area (Å²) in [7, 11) is 1.81. The van der Waals surface area contributed by atoms with E-state index in [0.29, 0.717) is 17.8 Å². The third kappa shape index (κ3) is 2.12. The van der Waals surface area contributed by atoms with Crippen LogP contribution in [-0.4, -0.2) is 49.6 Å². The minimum atomic E-state index is -0.585. The van der Waals surface area contributed by atoms with Crippen LogP contribution in [0.25, 0.3) is 11.2 Å². The minimum Gasteiger partial charge on any atom is -0.389 e. The summed E-state index contributed by atoms with van der Waals surface area (Å²) >= 11 is 0. The summed E-state index contributed by atoms with van der Waals surface area (Å²) in [5.41, 5.74) is 3.32. The Balaban J connectivity index is 1.60. The van der Waals surface area contributed by atoms with Gasteiger partial charge in [-0.05, 0) is 12.0 Å². The van der Waals surface area contributed by atoms with Crippen molar-refractivity contribution in [3.05, 3.63) is 48.5 Å². The van der Waals surface area contributed by atoms with Crippen molar-refractivity contribution in [2.45, 2.75) is 24.7 Å². The van der Waals surface area contributed by atoms with E-state index in [1.54, 1.807) is 13.4 Å². The molecule has 2 aliphatic rings. The standard InChI is InChI=1S/C18H18N6O2/c1-19-17-15-18(21-8-20-17)24(9-22-15)11-7-12(25)16-13(11)14(23-26-16)10-5-3-2-4-6-10/h2-6,8-9,11-13,16,25H,7H2,1H3,(H,19,20,21)/t11-,12+,13-,16-/m1/s1. The van der Waals surface area contributed by atoms with E-state index in [0.717, 1.165) is 16.9 Å². The van der Waals surface area contributed by atoms with E-state index in [2.05, 4.69) is 25.4 Å². The predicted molar refractivity (Wildman–Crippen MR) is 95.9 cm³/mol. The molecule has 1 aliphatic carbocycles. The van der Waals surface area contributed by atoms with Gasteiger partial charge in [0.2, 0.25) is 0 Å². The Hall–Kier alpha value is -3.00. The van der Waals surface area contributed by atoms with Gasteiger partial charge in [0.05, 0.1) is 30.1 Å². The summed E-state index contributed by atoms with van der Waals surface area (Å²) in [5, 5.41) is 17.9. The van der Waals surface area contributed by atoms with Crippen LogP contribution in [0.1, 0.15) is 18.0 Å². The Morgan fingerprint density at radius 1 is 1.19 bits per heavy atom. The van der Waals surface area contributed by atoms with Crippen LogP contribution in [0.2, 0.25) is 0 Å². The Bertz CT molecular complexity index is 986. The highest BCUT2D eigenvalue weighted by molar-refractivity contribution is 6.03. The summed E-state index contributed by atoms with van der Waals surface area (Å²) < 4.78 is 2.01. The van der Waals surface area contributed by atoms with Gasteiger partial charge < -0.3 is 19.8 Å². The van der Waals surface area contributed by atoms with Gasteiger partial charge in [0.1, 0.15) is 11.8 Å². The van der Waals surface area contributed by atoms with E-state index < -0.39 is 6.10 Å². The largest absolute Gasteiger partial charge is 0.389 e. The van der Waals surface area contributed by atoms with Crippen molar-refractivity contribution in [3.8, 4) is 0 Å². The second-order valence-electron chi connectivity index (χ2n) is 6.61. The van der Waals surface area contributed by atoms with Gasteiger partial charge in [-0.3, -0.25) is 0 Å². The average Bonchev–Trinajstić information content (AvgIpc) is 3.37. The number of nitrogens with zero attached hydrogens (tertiary/aromatic N) is 5. The van der Waals surface area contributed by atoms with Crippen LogP contribution in [0, 0.1) is 5.92 Å². The molecule has 8 nitrogen and oxygen atoms in total. The molecule has 1 aromatic carbocycles. The molecule has 2 N–H and O–H groups in total. The molecule has 8 heteroatoms. The van der Waals surface area contributed by atoms with Crippen LogP contribution in [-0.2, 0) is 4.84 Å². The van der Waals surface area contributed by atoms with Gasteiger partial charge in [0, 0.05) is 7.05 Å². The zero-order valence-electron chi connectivity index (χ0n) is 14.1. The molecule has 3 heterocycles. The molecule has 0 radical (unpaired) electrons. The van der Waals surface area contributed by atoms with Gasteiger partial charge in [-0.25, -0.2) is 15.0 Å². The number of aliphatic hydroxyl groups excluding tert-OH is 1. The van der Waals surface area contributed by atoms with Crippen LogP contribution in [0.3, 0.4) is 0 Å². The van der Waals surface area contributed by atoms with Crippen molar-refractivity contribution in [3.63, 3.8) is 0 Å². The Morgan fingerprint density at radius 3 is 2.85 bits per heavy atom. The number of hydrogen-bond donors (Lipinski definition) is 2. The number of aliphatic hydroxyl groups is 1. The monoisotopic (exact) mass is 350 g/mol. The van der Waals surface area contributed by atoms with E-state index in [1.165, 1.54) is 6.33 Å². The molecule has 0 bridgehead atoms. The minimum absolute atomic E-state index is 0.0407. The third-order valence-electron chi connectivity index (χ3n) is 5.24. The molecule has 0 spiro atoms. The molecule has 132 valence electrons. The zero-order valence-corrected chi connectivity index (χ0v) is 14.1. The molecule has 0 amide bonds. The topological polar surface area (TPSA) is 97.5 Å². The number of oxime groups is 1. The van der Waals surface area contributed by atoms with E-state index in [4.69, 9.17) is 4.84 Å². The fourth-order valence-corrected chi connectivity index (χ4v) is 4.06. The number of nitrogens with one attached hydrogen (secondary N) is 1. The van der Waals surface area contributed by atoms with Crippen molar-refractivity contribution < 1.29 is 9.94 Å². The number of benzene rings is 1. The summed E-state index contributed by atoms with van der Waals surface area (Å²) in [6, 6.07) is 9.91. The van der Waals surface area contributed by atoms with Crippen LogP contribution in [0.5, 0.6) is 0 Å². The number of rotatable bonds is 3. The Kier molecular flexibility index (Phi) is 3.39. The van der Waals surface area contributed by atoms with E-state index in [-0.39, 0.29) is 18.1 Å². The van der Waals surface area contributed by atoms with Crippen molar-refractivity contribution in [2.24, 2.45) is 11.1 Å². The number of anilines is 1. The molecule has 2 aromatic heterocycles. The fraction of sp³-hybridized carbons (Fsp3) is 0.333. The maximum absolute atomic E-state index is 10.5. The van der Waals surface area contributed by atoms with E-state index in [1.807, 2.05) is 34.9 Å². The molecule has 26 heavy (non-hydrogen) atoms. The molecule has 1 aliphatic heterocycles. The molecule has 1 saturated carbocycles. The SMILES string of the molecule is CNc1ncnc2c1ncn2[C@@H]1C[C@H](O)[C@H]2ON=C(c3ccccc3)[C@H]21. The second-order valence-corrected chi connectivity index (χ2v) is 6.61. The van der Waals surface area contributed by atoms with Crippen LogP contribution in [0.15, 0.2) is 48.1 Å². The third-order valence-corrected chi connectivity index (χ3v) is 5.24. The average molecular weight is 350 g/mol. The first-order valence-electron chi connectivity index (χ1n) is 8.60. The lowest BCUT2D eigenvalue weighted by Gasteiger charge is -2.20. The van der Waals surface area contributed by atoms with Crippen LogP contribution in [0.4, 0.5) is 5.82 Å². The fourth-order valence-electron chi connectivity index (χ4n) is 4.06. The lowest BCUT2D eigenvalue weighted by molar-refractivity contribution is -0.0104. The number of hydrogen-bond acceptors (Lipinski definition) is 7. The Labute approximate surface area is 149 Å².